The van der Waals surface area contributed by atoms with Crippen molar-refractivity contribution in [2.45, 2.75) is 16.9 Å². The van der Waals surface area contributed by atoms with E-state index in [-0.39, 0.29) is 5.91 Å². The number of hydrogen-bond acceptors (Lipinski definition) is 3. The number of halogens is 3. The van der Waals surface area contributed by atoms with Gasteiger partial charge in [-0.1, -0.05) is 58.6 Å². The van der Waals surface area contributed by atoms with Crippen LogP contribution in [-0.2, 0) is 0 Å². The van der Waals surface area contributed by atoms with Gasteiger partial charge in [-0.3, -0.25) is 4.79 Å². The van der Waals surface area contributed by atoms with Crippen LogP contribution in [0.25, 0.3) is 0 Å². The molecule has 0 saturated heterocycles. The molecule has 1 atom stereocenters. The lowest BCUT2D eigenvalue weighted by Gasteiger charge is -2.26. The number of aryl methyl sites for hydroxylation is 1. The predicted octanol–water partition coefficient (Wildman–Crippen LogP) is 3.93. The van der Waals surface area contributed by atoms with Gasteiger partial charge in [0.1, 0.15) is 12.0 Å². The molecular weight excluding hydrogens is 345 g/mol. The van der Waals surface area contributed by atoms with E-state index in [0.717, 1.165) is 5.56 Å². The summed E-state index contributed by atoms with van der Waals surface area (Å²) in [6.45, 7) is 1.94. The number of nitrogens with one attached hydrogen (secondary N) is 2. The van der Waals surface area contributed by atoms with Crippen LogP contribution in [0.5, 0.6) is 0 Å². The van der Waals surface area contributed by atoms with Crippen molar-refractivity contribution >= 4 is 46.5 Å². The third-order valence-corrected chi connectivity index (χ3v) is 3.53. The number of nitrogens with zero attached hydrogens (tertiary/aromatic N) is 1. The summed E-state index contributed by atoms with van der Waals surface area (Å²) in [6.07, 6.45) is 0.667. The second-order valence-corrected chi connectivity index (χ2v) is 7.04. The topological polar surface area (TPSA) is 54.0 Å². The highest BCUT2D eigenvalue weighted by Gasteiger charge is 2.34. The molecule has 116 valence electrons. The largest absolute Gasteiger partial charge is 0.347 e. The average molecular weight is 359 g/mol. The maximum atomic E-state index is 12.3. The van der Waals surface area contributed by atoms with E-state index in [2.05, 4.69) is 15.6 Å². The number of anilines is 1. The van der Waals surface area contributed by atoms with Gasteiger partial charge in [0.25, 0.3) is 5.91 Å². The first-order valence-electron chi connectivity index (χ1n) is 6.48. The Morgan fingerprint density at radius 1 is 1.14 bits per heavy atom. The van der Waals surface area contributed by atoms with Crippen molar-refractivity contribution < 1.29 is 4.79 Å². The van der Waals surface area contributed by atoms with E-state index >= 15 is 0 Å². The lowest BCUT2D eigenvalue weighted by atomic mass is 10.1. The van der Waals surface area contributed by atoms with E-state index in [4.69, 9.17) is 34.8 Å². The van der Waals surface area contributed by atoms with Gasteiger partial charge in [-0.15, -0.1) is 0 Å². The Kier molecular flexibility index (Phi) is 5.51. The highest BCUT2D eigenvalue weighted by atomic mass is 35.6. The predicted molar refractivity (Wildman–Crippen MR) is 90.6 cm³/mol. The molecule has 4 nitrogen and oxygen atoms in total. The number of carbonyl (C=O) groups excluding carboxylic acids is 1. The molecule has 0 radical (unpaired) electrons. The van der Waals surface area contributed by atoms with E-state index < -0.39 is 9.96 Å². The van der Waals surface area contributed by atoms with Crippen LogP contribution < -0.4 is 10.6 Å². The van der Waals surface area contributed by atoms with Gasteiger partial charge in [-0.25, -0.2) is 4.98 Å². The Morgan fingerprint density at radius 3 is 2.36 bits per heavy atom. The van der Waals surface area contributed by atoms with Crippen molar-refractivity contribution in [2.75, 3.05) is 5.32 Å². The van der Waals surface area contributed by atoms with Gasteiger partial charge < -0.3 is 10.6 Å². The zero-order chi connectivity index (χ0) is 16.2. The number of benzene rings is 1. The Bertz CT molecular complexity index is 627. The van der Waals surface area contributed by atoms with Crippen LogP contribution in [0.4, 0.5) is 5.82 Å². The first-order valence-corrected chi connectivity index (χ1v) is 7.61. The van der Waals surface area contributed by atoms with E-state index in [1.54, 1.807) is 36.5 Å². The number of aromatic nitrogens is 1. The van der Waals surface area contributed by atoms with Crippen LogP contribution in [0.2, 0.25) is 0 Å². The average Bonchev–Trinajstić information content (AvgIpc) is 2.47. The minimum atomic E-state index is -1.74. The summed E-state index contributed by atoms with van der Waals surface area (Å²) in [6, 6.07) is 12.4. The van der Waals surface area contributed by atoms with Crippen molar-refractivity contribution in [3.8, 4) is 0 Å². The number of pyridine rings is 1. The van der Waals surface area contributed by atoms with Crippen molar-refractivity contribution in [2.24, 2.45) is 0 Å². The summed E-state index contributed by atoms with van der Waals surface area (Å²) in [5.41, 5.74) is 1.54. The molecule has 0 fully saturated rings. The molecule has 0 unspecified atom stereocenters. The molecule has 0 bridgehead atoms. The molecule has 0 aliphatic heterocycles. The van der Waals surface area contributed by atoms with E-state index in [1.807, 2.05) is 19.1 Å². The number of carbonyl (C=O) groups is 1. The van der Waals surface area contributed by atoms with Crippen molar-refractivity contribution in [3.05, 3.63) is 59.8 Å². The fourth-order valence-electron chi connectivity index (χ4n) is 1.72. The Labute approximate surface area is 143 Å². The van der Waals surface area contributed by atoms with Crippen molar-refractivity contribution in [1.29, 1.82) is 0 Å². The van der Waals surface area contributed by atoms with Crippen molar-refractivity contribution in [1.82, 2.24) is 10.3 Å². The molecule has 2 rings (SSSR count). The Hall–Kier alpha value is -1.49. The van der Waals surface area contributed by atoms with Crippen molar-refractivity contribution in [3.63, 3.8) is 0 Å². The molecule has 1 heterocycles. The monoisotopic (exact) mass is 357 g/mol. The van der Waals surface area contributed by atoms with E-state index in [1.165, 1.54) is 0 Å². The minimum absolute atomic E-state index is 0.347. The zero-order valence-electron chi connectivity index (χ0n) is 11.7. The smallest absolute Gasteiger partial charge is 0.252 e. The maximum absolute atomic E-state index is 12.3. The Balaban J connectivity index is 2.13. The minimum Gasteiger partial charge on any atom is -0.347 e. The first-order chi connectivity index (χ1) is 10.4. The van der Waals surface area contributed by atoms with Crippen LogP contribution in [0.3, 0.4) is 0 Å². The summed E-state index contributed by atoms with van der Waals surface area (Å²) in [4.78, 5) is 16.3. The Morgan fingerprint density at radius 2 is 1.82 bits per heavy atom. The number of rotatable bonds is 4. The molecular formula is C15H14Cl3N3O. The highest BCUT2D eigenvalue weighted by Crippen LogP contribution is 2.31. The van der Waals surface area contributed by atoms with Gasteiger partial charge in [-0.2, -0.15) is 0 Å². The maximum Gasteiger partial charge on any atom is 0.252 e. The molecule has 1 aromatic carbocycles. The number of amides is 1. The van der Waals surface area contributed by atoms with Crippen LogP contribution in [0, 0.1) is 6.92 Å². The molecule has 0 spiro atoms. The van der Waals surface area contributed by atoms with Gasteiger partial charge in [0.15, 0.2) is 0 Å². The van der Waals surface area contributed by atoms with E-state index in [9.17, 15) is 4.79 Å². The second kappa shape index (κ2) is 7.18. The van der Waals surface area contributed by atoms with Gasteiger partial charge in [0, 0.05) is 11.8 Å². The fourth-order valence-corrected chi connectivity index (χ4v) is 2.04. The summed E-state index contributed by atoms with van der Waals surface area (Å²) in [5.74, 6) is 0.141. The molecule has 22 heavy (non-hydrogen) atoms. The fraction of sp³-hybridized carbons (Fsp3) is 0.200. The summed E-state index contributed by atoms with van der Waals surface area (Å²) >= 11 is 17.8. The lowest BCUT2D eigenvalue weighted by molar-refractivity contribution is 0.0942. The first kappa shape index (κ1) is 16.9. The second-order valence-electron chi connectivity index (χ2n) is 4.67. The highest BCUT2D eigenvalue weighted by molar-refractivity contribution is 6.68. The van der Waals surface area contributed by atoms with E-state index in [0.29, 0.717) is 11.4 Å². The molecule has 0 aliphatic carbocycles. The third kappa shape index (κ3) is 4.77. The van der Waals surface area contributed by atoms with Crippen LogP contribution in [-0.4, -0.2) is 20.8 Å². The molecule has 1 aromatic heterocycles. The molecule has 2 N–H and O–H groups in total. The van der Waals surface area contributed by atoms with Gasteiger partial charge >= 0.3 is 0 Å². The summed E-state index contributed by atoms with van der Waals surface area (Å²) in [5, 5.41) is 5.55. The molecule has 2 aromatic rings. The van der Waals surface area contributed by atoms with Crippen LogP contribution in [0.1, 0.15) is 15.9 Å². The molecule has 0 saturated carbocycles. The quantitative estimate of drug-likeness (QED) is 0.643. The SMILES string of the molecule is Cc1ccc(C(=O)N[C@@H](Nc2ccccn2)C(Cl)(Cl)Cl)cc1. The normalized spacial score (nSPS) is 12.5. The number of hydrogen-bond donors (Lipinski definition) is 2. The lowest BCUT2D eigenvalue weighted by Crippen LogP contribution is -2.49. The van der Waals surface area contributed by atoms with Gasteiger partial charge in [-0.05, 0) is 31.2 Å². The number of alkyl halides is 3. The van der Waals surface area contributed by atoms with Gasteiger partial charge in [0.05, 0.1) is 0 Å². The summed E-state index contributed by atoms with van der Waals surface area (Å²) < 4.78 is -1.74. The third-order valence-electron chi connectivity index (χ3n) is 2.87. The molecule has 1 amide bonds. The molecule has 7 heteroatoms. The molecule has 0 aliphatic rings. The summed E-state index contributed by atoms with van der Waals surface area (Å²) in [7, 11) is 0. The standard InChI is InChI=1S/C15H14Cl3N3O/c1-10-5-7-11(8-6-10)13(22)21-14(15(16,17)18)20-12-4-2-3-9-19-12/h2-9,14H,1H3,(H,19,20)(H,21,22)/t14-/m1/s1. The van der Waals surface area contributed by atoms with Crippen LogP contribution >= 0.6 is 34.8 Å². The zero-order valence-corrected chi connectivity index (χ0v) is 14.0. The van der Waals surface area contributed by atoms with Gasteiger partial charge in [0.2, 0.25) is 3.79 Å². The van der Waals surface area contributed by atoms with Crippen LogP contribution in [0.15, 0.2) is 48.7 Å².